The summed E-state index contributed by atoms with van der Waals surface area (Å²) in [6.45, 7) is 5.79. The fourth-order valence-electron chi connectivity index (χ4n) is 5.61. The molecule has 1 spiro atoms. The van der Waals surface area contributed by atoms with Crippen molar-refractivity contribution in [2.24, 2.45) is 11.3 Å². The molecule has 4 heteroatoms. The number of amides is 1. The molecule has 1 unspecified atom stereocenters. The summed E-state index contributed by atoms with van der Waals surface area (Å²) in [5.74, 6) is 2.07. The number of ether oxygens (including phenoxy) is 1. The molecule has 3 saturated carbocycles. The number of rotatable bonds is 4. The highest BCUT2D eigenvalue weighted by molar-refractivity contribution is 5.81. The number of benzene rings is 1. The topological polar surface area (TPSA) is 49.8 Å². The maximum absolute atomic E-state index is 12.5. The van der Waals surface area contributed by atoms with Gasteiger partial charge in [-0.25, -0.2) is 0 Å². The highest BCUT2D eigenvalue weighted by Gasteiger charge is 2.53. The van der Waals surface area contributed by atoms with Gasteiger partial charge in [-0.05, 0) is 88.0 Å². The van der Waals surface area contributed by atoms with Crippen molar-refractivity contribution in [3.63, 3.8) is 0 Å². The van der Waals surface area contributed by atoms with Crippen molar-refractivity contribution >= 4 is 5.91 Å². The third-order valence-corrected chi connectivity index (χ3v) is 7.31. The molecule has 27 heavy (non-hydrogen) atoms. The van der Waals surface area contributed by atoms with E-state index in [1.165, 1.54) is 24.0 Å². The van der Waals surface area contributed by atoms with E-state index in [4.69, 9.17) is 4.74 Å². The minimum Gasteiger partial charge on any atom is -0.490 e. The van der Waals surface area contributed by atoms with E-state index >= 15 is 0 Å². The van der Waals surface area contributed by atoms with Gasteiger partial charge in [0.1, 0.15) is 5.75 Å². The molecule has 0 aromatic heterocycles. The van der Waals surface area contributed by atoms with Crippen LogP contribution >= 0.6 is 0 Å². The van der Waals surface area contributed by atoms with Gasteiger partial charge >= 0.3 is 0 Å². The number of likely N-dealkylation sites (tertiary alicyclic amines) is 1. The molecule has 1 aromatic rings. The Morgan fingerprint density at radius 1 is 1.19 bits per heavy atom. The zero-order valence-electron chi connectivity index (χ0n) is 16.5. The number of aryl methyl sites for hydroxylation is 1. The summed E-state index contributed by atoms with van der Waals surface area (Å²) in [7, 11) is 0. The van der Waals surface area contributed by atoms with Crippen LogP contribution in [0.5, 0.6) is 5.75 Å². The molecule has 1 amide bonds. The standard InChI is InChI=1S/C23H31NO3/c1-15-3-6-18(9-20(15)16-4-5-16)27-19-7-8-23(12-19)13-24(14-23)21(25)17-10-22(2,26)11-17/h3,6,9,16-17,19,26H,4-5,7-8,10-14H2,1-2H3/t17-,19?,22+. The largest absolute Gasteiger partial charge is 0.490 e. The van der Waals surface area contributed by atoms with E-state index in [2.05, 4.69) is 25.1 Å². The van der Waals surface area contributed by atoms with Crippen molar-refractivity contribution < 1.29 is 14.6 Å². The van der Waals surface area contributed by atoms with Crippen LogP contribution in [0.2, 0.25) is 0 Å². The molecule has 0 bridgehead atoms. The van der Waals surface area contributed by atoms with Gasteiger partial charge < -0.3 is 14.7 Å². The minimum absolute atomic E-state index is 0.0409. The molecule has 5 rings (SSSR count). The van der Waals surface area contributed by atoms with Crippen LogP contribution in [-0.4, -0.2) is 40.7 Å². The lowest BCUT2D eigenvalue weighted by Gasteiger charge is -2.51. The van der Waals surface area contributed by atoms with Crippen LogP contribution in [0.1, 0.15) is 68.9 Å². The third-order valence-electron chi connectivity index (χ3n) is 7.31. The molecular weight excluding hydrogens is 338 g/mol. The normalized spacial score (nSPS) is 34.3. The SMILES string of the molecule is Cc1ccc(OC2CCC3(C2)CN(C(=O)[C@H]2C[C@@](C)(O)C2)C3)cc1C1CC1. The van der Waals surface area contributed by atoms with Gasteiger partial charge in [-0.1, -0.05) is 6.07 Å². The summed E-state index contributed by atoms with van der Waals surface area (Å²) in [4.78, 5) is 14.5. The zero-order valence-corrected chi connectivity index (χ0v) is 16.5. The summed E-state index contributed by atoms with van der Waals surface area (Å²) in [5, 5.41) is 9.87. The Balaban J connectivity index is 1.15. The molecule has 4 fully saturated rings. The molecule has 1 N–H and O–H groups in total. The van der Waals surface area contributed by atoms with Crippen LogP contribution < -0.4 is 4.74 Å². The second kappa shape index (κ2) is 5.97. The summed E-state index contributed by atoms with van der Waals surface area (Å²) >= 11 is 0. The number of carbonyl (C=O) groups excluding carboxylic acids is 1. The maximum Gasteiger partial charge on any atom is 0.225 e. The Morgan fingerprint density at radius 2 is 1.93 bits per heavy atom. The van der Waals surface area contributed by atoms with Crippen molar-refractivity contribution in [1.29, 1.82) is 0 Å². The Bertz CT molecular complexity index is 753. The second-order valence-electron chi connectivity index (χ2n) is 10.1. The van der Waals surface area contributed by atoms with Gasteiger partial charge in [0, 0.05) is 24.4 Å². The average Bonchev–Trinajstić information content (AvgIpc) is 3.32. The predicted octanol–water partition coefficient (Wildman–Crippen LogP) is 3.79. The van der Waals surface area contributed by atoms with Crippen LogP contribution in [0.15, 0.2) is 18.2 Å². The molecule has 1 heterocycles. The second-order valence-corrected chi connectivity index (χ2v) is 10.1. The van der Waals surface area contributed by atoms with E-state index in [1.54, 1.807) is 0 Å². The molecule has 1 aromatic carbocycles. The zero-order chi connectivity index (χ0) is 18.8. The monoisotopic (exact) mass is 369 g/mol. The third kappa shape index (κ3) is 3.26. The van der Waals surface area contributed by atoms with Crippen LogP contribution in [0.4, 0.5) is 0 Å². The smallest absolute Gasteiger partial charge is 0.225 e. The lowest BCUT2D eigenvalue weighted by molar-refractivity contribution is -0.161. The Labute approximate surface area is 161 Å². The van der Waals surface area contributed by atoms with Crippen molar-refractivity contribution in [2.75, 3.05) is 13.1 Å². The molecule has 0 radical (unpaired) electrons. The average molecular weight is 370 g/mol. The first-order valence-electron chi connectivity index (χ1n) is 10.6. The van der Waals surface area contributed by atoms with Gasteiger partial charge in [0.2, 0.25) is 5.91 Å². The molecule has 1 saturated heterocycles. The first-order valence-corrected chi connectivity index (χ1v) is 10.6. The summed E-state index contributed by atoms with van der Waals surface area (Å²) in [5.41, 5.74) is 2.51. The minimum atomic E-state index is -0.622. The molecule has 4 aliphatic rings. The molecule has 1 atom stereocenters. The summed E-state index contributed by atoms with van der Waals surface area (Å²) < 4.78 is 6.35. The first kappa shape index (κ1) is 17.5. The van der Waals surface area contributed by atoms with Crippen LogP contribution in [0.3, 0.4) is 0 Å². The van der Waals surface area contributed by atoms with E-state index in [0.717, 1.165) is 44.0 Å². The lowest BCUT2D eigenvalue weighted by Crippen LogP contribution is -2.61. The van der Waals surface area contributed by atoms with Gasteiger partial charge in [0.05, 0.1) is 11.7 Å². The fourth-order valence-corrected chi connectivity index (χ4v) is 5.61. The number of hydrogen-bond donors (Lipinski definition) is 1. The van der Waals surface area contributed by atoms with Crippen LogP contribution in [0.25, 0.3) is 0 Å². The van der Waals surface area contributed by atoms with E-state index in [-0.39, 0.29) is 23.3 Å². The van der Waals surface area contributed by atoms with E-state index in [0.29, 0.717) is 12.8 Å². The molecule has 146 valence electrons. The van der Waals surface area contributed by atoms with Gasteiger partial charge in [-0.15, -0.1) is 0 Å². The lowest BCUT2D eigenvalue weighted by atomic mass is 9.70. The number of hydrogen-bond acceptors (Lipinski definition) is 3. The fraction of sp³-hybridized carbons (Fsp3) is 0.696. The van der Waals surface area contributed by atoms with E-state index in [1.807, 2.05) is 11.8 Å². The summed E-state index contributed by atoms with van der Waals surface area (Å²) in [6.07, 6.45) is 7.47. The van der Waals surface area contributed by atoms with Crippen LogP contribution in [0, 0.1) is 18.3 Å². The number of carbonyl (C=O) groups is 1. The van der Waals surface area contributed by atoms with Crippen molar-refractivity contribution in [3.8, 4) is 5.75 Å². The Morgan fingerprint density at radius 3 is 2.59 bits per heavy atom. The molecule has 4 nitrogen and oxygen atoms in total. The number of nitrogens with zero attached hydrogens (tertiary/aromatic N) is 1. The van der Waals surface area contributed by atoms with E-state index < -0.39 is 5.60 Å². The highest BCUT2D eigenvalue weighted by Crippen LogP contribution is 2.49. The highest BCUT2D eigenvalue weighted by atomic mass is 16.5. The molecule has 1 aliphatic heterocycles. The molecular formula is C23H31NO3. The van der Waals surface area contributed by atoms with Gasteiger partial charge in [-0.3, -0.25) is 4.79 Å². The number of aliphatic hydroxyl groups is 1. The molecule has 3 aliphatic carbocycles. The Hall–Kier alpha value is -1.55. The van der Waals surface area contributed by atoms with Crippen LogP contribution in [-0.2, 0) is 4.79 Å². The summed E-state index contributed by atoms with van der Waals surface area (Å²) in [6, 6.07) is 6.58. The predicted molar refractivity (Wildman–Crippen MR) is 104 cm³/mol. The maximum atomic E-state index is 12.5. The van der Waals surface area contributed by atoms with Crippen molar-refractivity contribution in [2.45, 2.75) is 76.4 Å². The first-order chi connectivity index (χ1) is 12.8. The quantitative estimate of drug-likeness (QED) is 0.878. The van der Waals surface area contributed by atoms with E-state index in [9.17, 15) is 9.90 Å². The van der Waals surface area contributed by atoms with Gasteiger partial charge in [0.15, 0.2) is 0 Å². The van der Waals surface area contributed by atoms with Crippen molar-refractivity contribution in [1.82, 2.24) is 4.90 Å². The van der Waals surface area contributed by atoms with Gasteiger partial charge in [0.25, 0.3) is 0 Å². The van der Waals surface area contributed by atoms with Crippen molar-refractivity contribution in [3.05, 3.63) is 29.3 Å². The Kier molecular flexibility index (Phi) is 3.88. The van der Waals surface area contributed by atoms with Gasteiger partial charge in [-0.2, -0.15) is 0 Å².